The zero-order valence-corrected chi connectivity index (χ0v) is 19.3. The second-order valence-corrected chi connectivity index (χ2v) is 10.1. The van der Waals surface area contributed by atoms with Gasteiger partial charge in [0.15, 0.2) is 5.78 Å². The van der Waals surface area contributed by atoms with Crippen LogP contribution in [0, 0.1) is 11.6 Å². The third-order valence-electron chi connectivity index (χ3n) is 5.87. The predicted octanol–water partition coefficient (Wildman–Crippen LogP) is 4.90. The first-order chi connectivity index (χ1) is 16.3. The molecule has 1 fully saturated rings. The van der Waals surface area contributed by atoms with E-state index in [9.17, 15) is 22.0 Å². The molecule has 8 heteroatoms. The van der Waals surface area contributed by atoms with E-state index in [4.69, 9.17) is 4.74 Å². The van der Waals surface area contributed by atoms with Crippen molar-refractivity contribution in [2.24, 2.45) is 0 Å². The number of halogens is 2. The Morgan fingerprint density at radius 1 is 0.941 bits per heavy atom. The van der Waals surface area contributed by atoms with Crippen LogP contribution in [0.15, 0.2) is 77.7 Å². The molecule has 0 aliphatic carbocycles. The van der Waals surface area contributed by atoms with Crippen LogP contribution >= 0.6 is 0 Å². The number of Topliss-reactive ketones (excluding diaryl/α,β-unsaturated/α-hetero) is 1. The number of ketones is 1. The van der Waals surface area contributed by atoms with Gasteiger partial charge in [0.2, 0.25) is 10.0 Å². The second-order valence-electron chi connectivity index (χ2n) is 8.26. The zero-order chi connectivity index (χ0) is 24.1. The number of ether oxygens (including phenoxy) is 1. The molecule has 1 aliphatic rings. The highest BCUT2D eigenvalue weighted by atomic mass is 32.2. The topological polar surface area (TPSA) is 63.7 Å². The van der Waals surface area contributed by atoms with Crippen LogP contribution in [0.5, 0.6) is 5.75 Å². The third kappa shape index (κ3) is 5.69. The highest BCUT2D eigenvalue weighted by molar-refractivity contribution is 7.89. The molecule has 4 rings (SSSR count). The molecule has 3 aromatic carbocycles. The zero-order valence-electron chi connectivity index (χ0n) is 18.5. The molecule has 0 N–H and O–H groups in total. The lowest BCUT2D eigenvalue weighted by atomic mass is 10.0. The first kappa shape index (κ1) is 24.0. The van der Waals surface area contributed by atoms with Gasteiger partial charge >= 0.3 is 0 Å². The minimum Gasteiger partial charge on any atom is -0.489 e. The molecular weight excluding hydrogens is 460 g/mol. The van der Waals surface area contributed by atoms with E-state index in [2.05, 4.69) is 0 Å². The maximum Gasteiger partial charge on any atom is 0.243 e. The van der Waals surface area contributed by atoms with Crippen molar-refractivity contribution in [2.75, 3.05) is 6.54 Å². The second kappa shape index (κ2) is 10.4. The van der Waals surface area contributed by atoms with E-state index in [1.54, 1.807) is 12.1 Å². The lowest BCUT2D eigenvalue weighted by molar-refractivity contribution is -0.122. The maximum absolute atomic E-state index is 13.2. The van der Waals surface area contributed by atoms with Gasteiger partial charge in [-0.05, 0) is 78.9 Å². The van der Waals surface area contributed by atoms with Crippen molar-refractivity contribution in [2.45, 2.75) is 43.2 Å². The summed E-state index contributed by atoms with van der Waals surface area (Å²) >= 11 is 0. The maximum atomic E-state index is 13.2. The van der Waals surface area contributed by atoms with Gasteiger partial charge in [0.25, 0.3) is 0 Å². The summed E-state index contributed by atoms with van der Waals surface area (Å²) in [6.45, 7) is 0.559. The summed E-state index contributed by atoms with van der Waals surface area (Å²) in [7, 11) is -3.87. The fourth-order valence-corrected chi connectivity index (χ4v) is 5.74. The third-order valence-corrected chi connectivity index (χ3v) is 7.80. The SMILES string of the molecule is O=C(CCc1cccc(OCc2ccc(F)cc2)c1)[C@@H]1CCCN1S(=O)(=O)c1ccc(F)cc1. The fraction of sp³-hybridized carbons (Fsp3) is 0.269. The molecule has 0 amide bonds. The molecule has 178 valence electrons. The van der Waals surface area contributed by atoms with Crippen LogP contribution in [0.4, 0.5) is 8.78 Å². The molecule has 34 heavy (non-hydrogen) atoms. The van der Waals surface area contributed by atoms with Crippen molar-refractivity contribution in [1.29, 1.82) is 0 Å². The average molecular weight is 486 g/mol. The molecule has 1 heterocycles. The molecule has 1 aliphatic heterocycles. The van der Waals surface area contributed by atoms with Gasteiger partial charge in [-0.2, -0.15) is 4.31 Å². The number of hydrogen-bond donors (Lipinski definition) is 0. The van der Waals surface area contributed by atoms with Crippen molar-refractivity contribution in [3.8, 4) is 5.75 Å². The molecular formula is C26H25F2NO4S. The Kier molecular flexibility index (Phi) is 7.38. The molecule has 0 spiro atoms. The monoisotopic (exact) mass is 485 g/mol. The number of benzene rings is 3. The summed E-state index contributed by atoms with van der Waals surface area (Å²) < 4.78 is 59.3. The van der Waals surface area contributed by atoms with Gasteiger partial charge in [0.05, 0.1) is 10.9 Å². The number of sulfonamides is 1. The van der Waals surface area contributed by atoms with Gasteiger partial charge < -0.3 is 4.74 Å². The smallest absolute Gasteiger partial charge is 0.243 e. The summed E-state index contributed by atoms with van der Waals surface area (Å²) in [6, 6.07) is 17.4. The Balaban J connectivity index is 1.37. The molecule has 0 bridgehead atoms. The van der Waals surface area contributed by atoms with E-state index in [1.165, 1.54) is 28.6 Å². The summed E-state index contributed by atoms with van der Waals surface area (Å²) in [4.78, 5) is 12.9. The number of nitrogens with zero attached hydrogens (tertiary/aromatic N) is 1. The molecule has 1 saturated heterocycles. The van der Waals surface area contributed by atoms with Gasteiger partial charge in [-0.25, -0.2) is 17.2 Å². The molecule has 5 nitrogen and oxygen atoms in total. The summed E-state index contributed by atoms with van der Waals surface area (Å²) in [5, 5.41) is 0. The van der Waals surface area contributed by atoms with Crippen LogP contribution in [0.2, 0.25) is 0 Å². The van der Waals surface area contributed by atoms with Crippen LogP contribution in [-0.4, -0.2) is 31.1 Å². The van der Waals surface area contributed by atoms with Gasteiger partial charge in [-0.15, -0.1) is 0 Å². The van der Waals surface area contributed by atoms with E-state index < -0.39 is 21.9 Å². The first-order valence-corrected chi connectivity index (χ1v) is 12.5. The van der Waals surface area contributed by atoms with Crippen LogP contribution in [0.25, 0.3) is 0 Å². The Bertz CT molecular complexity index is 1240. The van der Waals surface area contributed by atoms with Gasteiger partial charge in [-0.1, -0.05) is 24.3 Å². The Labute approximate surface area is 198 Å². The standard InChI is InChI=1S/C26H25F2NO4S/c27-21-9-6-20(7-10-21)18-33-23-4-1-3-19(17-23)8-15-26(30)25-5-2-16-29(25)34(31,32)24-13-11-22(28)12-14-24/h1,3-4,6-7,9-14,17,25H,2,5,8,15-16,18H2/t25-/m0/s1. The molecule has 0 radical (unpaired) electrons. The van der Waals surface area contributed by atoms with Crippen molar-refractivity contribution < 1.29 is 26.7 Å². The predicted molar refractivity (Wildman–Crippen MR) is 124 cm³/mol. The van der Waals surface area contributed by atoms with E-state index in [0.717, 1.165) is 23.3 Å². The Hall–Kier alpha value is -3.10. The lowest BCUT2D eigenvalue weighted by Gasteiger charge is -2.23. The van der Waals surface area contributed by atoms with Gasteiger partial charge in [-0.3, -0.25) is 4.79 Å². The molecule has 3 aromatic rings. The van der Waals surface area contributed by atoms with Gasteiger partial charge in [0, 0.05) is 13.0 Å². The largest absolute Gasteiger partial charge is 0.489 e. The fourth-order valence-electron chi connectivity index (χ4n) is 4.06. The van der Waals surface area contributed by atoms with E-state index in [1.807, 2.05) is 24.3 Å². The Morgan fingerprint density at radius 3 is 2.32 bits per heavy atom. The number of aryl methyl sites for hydroxylation is 1. The number of carbonyl (C=O) groups excluding carboxylic acids is 1. The van der Waals surface area contributed by atoms with Crippen molar-refractivity contribution in [1.82, 2.24) is 4.31 Å². The van der Waals surface area contributed by atoms with Crippen molar-refractivity contribution in [3.05, 3.63) is 95.6 Å². The van der Waals surface area contributed by atoms with Crippen LogP contribution in [-0.2, 0) is 27.8 Å². The highest BCUT2D eigenvalue weighted by Crippen LogP contribution is 2.28. The lowest BCUT2D eigenvalue weighted by Crippen LogP contribution is -2.40. The number of rotatable bonds is 9. The summed E-state index contributed by atoms with van der Waals surface area (Å²) in [5.74, 6) is -0.324. The molecule has 0 aromatic heterocycles. The Morgan fingerprint density at radius 2 is 1.62 bits per heavy atom. The average Bonchev–Trinajstić information content (AvgIpc) is 3.34. The van der Waals surface area contributed by atoms with E-state index in [-0.39, 0.29) is 29.5 Å². The number of hydrogen-bond acceptors (Lipinski definition) is 4. The van der Waals surface area contributed by atoms with E-state index in [0.29, 0.717) is 31.6 Å². The van der Waals surface area contributed by atoms with Crippen molar-refractivity contribution >= 4 is 15.8 Å². The summed E-state index contributed by atoms with van der Waals surface area (Å²) in [6.07, 6.45) is 1.72. The van der Waals surface area contributed by atoms with Crippen molar-refractivity contribution in [3.63, 3.8) is 0 Å². The van der Waals surface area contributed by atoms with E-state index >= 15 is 0 Å². The normalized spacial score (nSPS) is 16.5. The van der Waals surface area contributed by atoms with Crippen LogP contribution in [0.1, 0.15) is 30.4 Å². The molecule has 0 saturated carbocycles. The van der Waals surface area contributed by atoms with Crippen LogP contribution in [0.3, 0.4) is 0 Å². The summed E-state index contributed by atoms with van der Waals surface area (Å²) in [5.41, 5.74) is 1.74. The minimum atomic E-state index is -3.87. The highest BCUT2D eigenvalue weighted by Gasteiger charge is 2.38. The molecule has 0 unspecified atom stereocenters. The van der Waals surface area contributed by atoms with Gasteiger partial charge in [0.1, 0.15) is 24.0 Å². The molecule has 1 atom stereocenters. The van der Waals surface area contributed by atoms with Crippen LogP contribution < -0.4 is 4.74 Å². The quantitative estimate of drug-likeness (QED) is 0.433. The number of carbonyl (C=O) groups is 1. The minimum absolute atomic E-state index is 0.0143. The first-order valence-electron chi connectivity index (χ1n) is 11.1.